The molecule has 0 bridgehead atoms. The van der Waals surface area contributed by atoms with E-state index in [2.05, 4.69) is 29.2 Å². The van der Waals surface area contributed by atoms with Crippen LogP contribution in [0.25, 0.3) is 0 Å². The Labute approximate surface area is 137 Å². The first kappa shape index (κ1) is 14.6. The molecule has 1 aromatic rings. The summed E-state index contributed by atoms with van der Waals surface area (Å²) in [6.07, 6.45) is 9.39. The molecule has 3 aliphatic rings. The maximum atomic E-state index is 12.7. The summed E-state index contributed by atoms with van der Waals surface area (Å²) in [5.41, 5.74) is 1.17. The summed E-state index contributed by atoms with van der Waals surface area (Å²) in [7, 11) is 0. The van der Waals surface area contributed by atoms with E-state index in [0.717, 1.165) is 43.7 Å². The Bertz CT molecular complexity index is 625. The zero-order valence-corrected chi connectivity index (χ0v) is 13.4. The molecule has 2 atom stereocenters. The summed E-state index contributed by atoms with van der Waals surface area (Å²) in [6, 6.07) is 6.30. The minimum atomic E-state index is 0.184. The average Bonchev–Trinajstić information content (AvgIpc) is 3.25. The summed E-state index contributed by atoms with van der Waals surface area (Å²) in [5, 5.41) is 0. The fourth-order valence-corrected chi connectivity index (χ4v) is 3.89. The van der Waals surface area contributed by atoms with Crippen molar-refractivity contribution in [2.24, 2.45) is 5.92 Å². The molecule has 0 N–H and O–H groups in total. The maximum absolute atomic E-state index is 12.7. The second-order valence-electron chi connectivity index (χ2n) is 6.62. The lowest BCUT2D eigenvalue weighted by atomic mass is 10.0. The van der Waals surface area contributed by atoms with Gasteiger partial charge in [-0.3, -0.25) is 4.79 Å². The van der Waals surface area contributed by atoms with E-state index in [0.29, 0.717) is 31.5 Å². The summed E-state index contributed by atoms with van der Waals surface area (Å²) in [5.74, 6) is 2.35. The third kappa shape index (κ3) is 2.94. The van der Waals surface area contributed by atoms with Gasteiger partial charge in [0.2, 0.25) is 5.91 Å². The van der Waals surface area contributed by atoms with Crippen molar-refractivity contribution < 1.29 is 14.3 Å². The lowest BCUT2D eigenvalue weighted by molar-refractivity contribution is -0.132. The Balaban J connectivity index is 1.50. The zero-order valence-electron chi connectivity index (χ0n) is 13.4. The largest absolute Gasteiger partial charge is 0.486 e. The van der Waals surface area contributed by atoms with Gasteiger partial charge in [0.05, 0.1) is 6.04 Å². The highest BCUT2D eigenvalue weighted by molar-refractivity contribution is 5.77. The van der Waals surface area contributed by atoms with Crippen molar-refractivity contribution in [2.75, 3.05) is 19.8 Å². The van der Waals surface area contributed by atoms with Crippen molar-refractivity contribution >= 4 is 5.91 Å². The van der Waals surface area contributed by atoms with Crippen molar-refractivity contribution in [2.45, 2.75) is 38.1 Å². The Hall–Kier alpha value is -1.97. The van der Waals surface area contributed by atoms with Gasteiger partial charge in [-0.05, 0) is 49.3 Å². The van der Waals surface area contributed by atoms with Gasteiger partial charge in [-0.25, -0.2) is 0 Å². The van der Waals surface area contributed by atoms with Gasteiger partial charge in [0, 0.05) is 13.0 Å². The molecule has 0 spiro atoms. The molecule has 4 heteroatoms. The molecule has 1 aromatic carbocycles. The van der Waals surface area contributed by atoms with Crippen LogP contribution in [0.3, 0.4) is 0 Å². The third-order valence-corrected chi connectivity index (χ3v) is 5.07. The van der Waals surface area contributed by atoms with Gasteiger partial charge in [-0.1, -0.05) is 18.2 Å². The normalized spacial score (nSPS) is 25.8. The molecule has 2 heterocycles. The van der Waals surface area contributed by atoms with Gasteiger partial charge in [-0.15, -0.1) is 0 Å². The molecule has 1 aliphatic carbocycles. The Morgan fingerprint density at radius 3 is 2.87 bits per heavy atom. The summed E-state index contributed by atoms with van der Waals surface area (Å²) >= 11 is 0. The van der Waals surface area contributed by atoms with Crippen LogP contribution in [0, 0.1) is 5.92 Å². The predicted octanol–water partition coefficient (Wildman–Crippen LogP) is 3.48. The molecule has 2 aliphatic heterocycles. The summed E-state index contributed by atoms with van der Waals surface area (Å²) in [6.45, 7) is 2.07. The highest BCUT2D eigenvalue weighted by Gasteiger charge is 2.31. The molecule has 23 heavy (non-hydrogen) atoms. The number of hydrogen-bond donors (Lipinski definition) is 0. The number of rotatable bonds is 3. The van der Waals surface area contributed by atoms with E-state index in [9.17, 15) is 4.79 Å². The molecular formula is C19H23NO3. The fraction of sp³-hybridized carbons (Fsp3) is 0.526. The topological polar surface area (TPSA) is 38.8 Å². The second kappa shape index (κ2) is 6.26. The molecule has 1 amide bonds. The summed E-state index contributed by atoms with van der Waals surface area (Å²) < 4.78 is 11.3. The van der Waals surface area contributed by atoms with Crippen LogP contribution in [-0.4, -0.2) is 30.6 Å². The van der Waals surface area contributed by atoms with Crippen LogP contribution in [-0.2, 0) is 4.79 Å². The van der Waals surface area contributed by atoms with Gasteiger partial charge in [0.1, 0.15) is 13.2 Å². The SMILES string of the molecule is O=C(C[C@@H]1C=CCC1)N1CCC[C@H]1c1ccc2c(c1)OCCO2. The van der Waals surface area contributed by atoms with Crippen LogP contribution in [0.4, 0.5) is 0 Å². The van der Waals surface area contributed by atoms with Crippen molar-refractivity contribution in [1.82, 2.24) is 4.90 Å². The highest BCUT2D eigenvalue weighted by Crippen LogP contribution is 2.38. The molecule has 1 saturated heterocycles. The first-order chi connectivity index (χ1) is 11.3. The highest BCUT2D eigenvalue weighted by atomic mass is 16.6. The monoisotopic (exact) mass is 313 g/mol. The fourth-order valence-electron chi connectivity index (χ4n) is 3.89. The van der Waals surface area contributed by atoms with Gasteiger partial charge in [0.15, 0.2) is 11.5 Å². The number of hydrogen-bond acceptors (Lipinski definition) is 3. The predicted molar refractivity (Wildman–Crippen MR) is 87.6 cm³/mol. The van der Waals surface area contributed by atoms with Crippen LogP contribution in [0.5, 0.6) is 11.5 Å². The van der Waals surface area contributed by atoms with Crippen molar-refractivity contribution in [3.05, 3.63) is 35.9 Å². The molecular weight excluding hydrogens is 290 g/mol. The number of allylic oxidation sites excluding steroid dienone is 2. The van der Waals surface area contributed by atoms with Gasteiger partial charge in [-0.2, -0.15) is 0 Å². The van der Waals surface area contributed by atoms with Gasteiger partial charge in [0.25, 0.3) is 0 Å². The van der Waals surface area contributed by atoms with Crippen molar-refractivity contribution in [3.63, 3.8) is 0 Å². The number of amides is 1. The van der Waals surface area contributed by atoms with Gasteiger partial charge < -0.3 is 14.4 Å². The lowest BCUT2D eigenvalue weighted by Gasteiger charge is -2.27. The van der Waals surface area contributed by atoms with Crippen LogP contribution in [0.2, 0.25) is 0 Å². The number of fused-ring (bicyclic) bond motifs is 1. The van der Waals surface area contributed by atoms with E-state index in [-0.39, 0.29) is 6.04 Å². The average molecular weight is 313 g/mol. The minimum absolute atomic E-state index is 0.184. The van der Waals surface area contributed by atoms with E-state index < -0.39 is 0 Å². The molecule has 4 rings (SSSR count). The van der Waals surface area contributed by atoms with Gasteiger partial charge >= 0.3 is 0 Å². The first-order valence-electron chi connectivity index (χ1n) is 8.67. The number of likely N-dealkylation sites (tertiary alicyclic amines) is 1. The van der Waals surface area contributed by atoms with E-state index >= 15 is 0 Å². The van der Waals surface area contributed by atoms with E-state index in [1.54, 1.807) is 0 Å². The standard InChI is InChI=1S/C19H23NO3/c21-19(12-14-4-1-2-5-14)20-9-3-6-16(20)15-7-8-17-18(13-15)23-11-10-22-17/h1,4,7-8,13-14,16H,2-3,5-6,9-12H2/t14-,16+/m1/s1. The van der Waals surface area contributed by atoms with Crippen molar-refractivity contribution in [1.29, 1.82) is 0 Å². The van der Waals surface area contributed by atoms with Crippen LogP contribution in [0.1, 0.15) is 43.7 Å². The molecule has 122 valence electrons. The molecule has 0 radical (unpaired) electrons. The molecule has 0 aromatic heterocycles. The molecule has 0 saturated carbocycles. The number of nitrogens with zero attached hydrogens (tertiary/aromatic N) is 1. The summed E-state index contributed by atoms with van der Waals surface area (Å²) in [4.78, 5) is 14.8. The van der Waals surface area contributed by atoms with E-state index in [1.807, 2.05) is 6.07 Å². The Morgan fingerprint density at radius 1 is 1.17 bits per heavy atom. The molecule has 4 nitrogen and oxygen atoms in total. The number of benzene rings is 1. The third-order valence-electron chi connectivity index (χ3n) is 5.07. The van der Waals surface area contributed by atoms with Crippen LogP contribution >= 0.6 is 0 Å². The lowest BCUT2D eigenvalue weighted by Crippen LogP contribution is -2.31. The quantitative estimate of drug-likeness (QED) is 0.802. The second-order valence-corrected chi connectivity index (χ2v) is 6.62. The van der Waals surface area contributed by atoms with Crippen molar-refractivity contribution in [3.8, 4) is 11.5 Å². The minimum Gasteiger partial charge on any atom is -0.486 e. The maximum Gasteiger partial charge on any atom is 0.223 e. The number of carbonyl (C=O) groups excluding carboxylic acids is 1. The number of ether oxygens (including phenoxy) is 2. The smallest absolute Gasteiger partial charge is 0.223 e. The molecule has 0 unspecified atom stereocenters. The van der Waals surface area contributed by atoms with E-state index in [4.69, 9.17) is 9.47 Å². The molecule has 1 fully saturated rings. The Morgan fingerprint density at radius 2 is 2.04 bits per heavy atom. The first-order valence-corrected chi connectivity index (χ1v) is 8.67. The van der Waals surface area contributed by atoms with E-state index in [1.165, 1.54) is 5.56 Å². The zero-order chi connectivity index (χ0) is 15.6. The van der Waals surface area contributed by atoms with Crippen LogP contribution < -0.4 is 9.47 Å². The number of carbonyl (C=O) groups is 1. The van der Waals surface area contributed by atoms with Crippen LogP contribution in [0.15, 0.2) is 30.4 Å². The Kier molecular flexibility index (Phi) is 3.98.